The molecule has 3 spiro atoms. The highest BCUT2D eigenvalue weighted by Crippen LogP contribution is 2.35. The standard InChI is InChI=1S/C27H32N4O6S.C20H25N3O5.C15H17N3O3.C12H16ClNO3S.C6H15N.2CH2Cl2/c1-18-16-21(24(32)30(2)3)9-8-19(18)10-15-38(35,36)31-13-11-27(12-14-31)26(34)28-23(29-27)20-6-5-7-22(17-20)25(33)37-4;1-19(2,3)28-18(26)23-10-8-20(9-11-23)17(25)21-15(22-20)13-6-5-7-14(12-13)16(24)27-4;1-21-13(19)11-4-2-3-10(9-11)12-17-14(20)15(18-12)5-7-16-8-6-15;1-9-8-11(12(15)14(2)3)5-4-10(9)6-7-18(13,16)17;1-4-7(5-2)6-3;2*2-1-3/h5-9,16-17H,10-15H2,1-4H3,(H,28,29,34);5-7,12H,8-11H2,1-4H3,(H,21,22,25);2-4,9,16H,5-8H2,1H3,(H,17,18,20);4-5,8H,6-7H2,1-3H3;4-6H2,1-3H3;2*1H2. The fourth-order valence-corrected chi connectivity index (χ4v) is 15.2. The normalized spacial score (nSPS) is 16.1. The van der Waals surface area contributed by atoms with Crippen molar-refractivity contribution in [3.05, 3.63) is 176 Å². The molecule has 3 saturated heterocycles. The van der Waals surface area contributed by atoms with Gasteiger partial charge in [0.05, 0.1) is 60.2 Å². The van der Waals surface area contributed by atoms with Crippen LogP contribution in [-0.4, -0.2) is 265 Å². The number of halogens is 5. The van der Waals surface area contributed by atoms with Crippen molar-refractivity contribution in [1.82, 2.24) is 45.2 Å². The number of nitrogens with zero attached hydrogens (tertiary/aromatic N) is 8. The molecular weight excluding hydrogens is 1670 g/mol. The van der Waals surface area contributed by atoms with E-state index in [1.165, 1.54) is 55.1 Å². The SMILES string of the molecule is CCN(CC)CC.COC(=O)c1cccc(C2=NC3(CCN(C(=O)OC(C)(C)C)CC3)C(=O)N2)c1.COC(=O)c1cccc(C2=NC3(CCN(S(=O)(=O)CCc4ccc(C(=O)N(C)C)cc4C)CC3)C(=O)N2)c1.COC(=O)c1cccc(C2=NC3(CCNCC3)C(=O)N2)c1.Cc1cc(C(=O)N(C)C)ccc1CCS(=O)(=O)Cl.ClCCl.ClCCl. The van der Waals surface area contributed by atoms with Crippen molar-refractivity contribution in [2.45, 2.75) is 129 Å². The molecule has 6 amide bonds. The predicted molar refractivity (Wildman–Crippen MR) is 461 cm³/mol. The number of sulfonamides is 1. The summed E-state index contributed by atoms with van der Waals surface area (Å²) >= 11 is 19.1. The summed E-state index contributed by atoms with van der Waals surface area (Å²) in [6, 6.07) is 30.9. The number of methoxy groups -OCH3 is 3. The number of nitrogens with one attached hydrogen (secondary N) is 4. The van der Waals surface area contributed by atoms with Crippen LogP contribution in [0.4, 0.5) is 4.79 Å². The zero-order valence-corrected chi connectivity index (χ0v) is 74.9. The zero-order chi connectivity index (χ0) is 88.1. The number of esters is 3. The Morgan fingerprint density at radius 3 is 1.12 bits per heavy atom. The van der Waals surface area contributed by atoms with E-state index in [2.05, 4.69) is 61.9 Å². The third kappa shape index (κ3) is 28.8. The van der Waals surface area contributed by atoms with Crippen LogP contribution in [0.25, 0.3) is 0 Å². The Morgan fingerprint density at radius 2 is 0.822 bits per heavy atom. The van der Waals surface area contributed by atoms with Gasteiger partial charge in [-0.3, -0.25) is 38.9 Å². The molecule has 0 unspecified atom stereocenters. The molecule has 6 aliphatic heterocycles. The largest absolute Gasteiger partial charge is 0.465 e. The molecule has 0 atom stereocenters. The van der Waals surface area contributed by atoms with Crippen molar-refractivity contribution >= 4 is 147 Å². The molecule has 5 aromatic rings. The lowest BCUT2D eigenvalue weighted by atomic mass is 9.88. The number of likely N-dealkylation sites (tertiary alicyclic amines) is 1. The molecular formula is C82H109Cl5N12O17S2. The number of alkyl halides is 4. The van der Waals surface area contributed by atoms with Gasteiger partial charge in [-0.05, 0) is 202 Å². The number of piperidine rings is 3. The van der Waals surface area contributed by atoms with Crippen LogP contribution in [0, 0.1) is 13.8 Å². The minimum atomic E-state index is -3.56. The molecule has 646 valence electrons. The first-order valence-corrected chi connectivity index (χ1v) is 44.3. The number of hydrogen-bond donors (Lipinski definition) is 4. The first kappa shape index (κ1) is 99.9. The van der Waals surface area contributed by atoms with Crippen molar-refractivity contribution in [1.29, 1.82) is 0 Å². The van der Waals surface area contributed by atoms with Gasteiger partial charge in [0.25, 0.3) is 29.5 Å². The quantitative estimate of drug-likeness (QED) is 0.0274. The Kier molecular flexibility index (Phi) is 39.2. The van der Waals surface area contributed by atoms with Gasteiger partial charge in [-0.25, -0.2) is 40.3 Å². The number of ether oxygens (including phenoxy) is 4. The monoisotopic (exact) mass is 1770 g/mol. The van der Waals surface area contributed by atoms with Crippen molar-refractivity contribution < 1.29 is 78.9 Å². The lowest BCUT2D eigenvalue weighted by Crippen LogP contribution is -2.51. The minimum Gasteiger partial charge on any atom is -0.465 e. The van der Waals surface area contributed by atoms with Crippen LogP contribution in [0.2, 0.25) is 0 Å². The fraction of sp³-hybridized carbons (Fsp3) is 0.488. The number of rotatable bonds is 18. The van der Waals surface area contributed by atoms with Gasteiger partial charge in [0.15, 0.2) is 0 Å². The number of aliphatic imine (C=N–C) groups is 3. The first-order valence-electron chi connectivity index (χ1n) is 38.1. The van der Waals surface area contributed by atoms with Crippen LogP contribution < -0.4 is 21.3 Å². The molecule has 5 aromatic carbocycles. The fourth-order valence-electron chi connectivity index (χ4n) is 13.1. The molecule has 11 rings (SSSR count). The van der Waals surface area contributed by atoms with E-state index < -0.39 is 59.2 Å². The Morgan fingerprint density at radius 1 is 0.492 bits per heavy atom. The van der Waals surface area contributed by atoms with E-state index in [-0.39, 0.29) is 83.7 Å². The van der Waals surface area contributed by atoms with Crippen molar-refractivity contribution in [3.63, 3.8) is 0 Å². The summed E-state index contributed by atoms with van der Waals surface area (Å²) in [7, 11) is 8.83. The van der Waals surface area contributed by atoms with Crippen LogP contribution in [0.1, 0.15) is 171 Å². The molecule has 36 heteroatoms. The van der Waals surface area contributed by atoms with Gasteiger partial charge in [-0.15, -0.1) is 46.4 Å². The van der Waals surface area contributed by atoms with Crippen LogP contribution >= 0.6 is 57.1 Å². The zero-order valence-electron chi connectivity index (χ0n) is 69.5. The maximum Gasteiger partial charge on any atom is 0.410 e. The summed E-state index contributed by atoms with van der Waals surface area (Å²) in [5.74, 6) is -0.865. The molecule has 6 aliphatic rings. The summed E-state index contributed by atoms with van der Waals surface area (Å²) in [6.45, 7) is 22.0. The molecule has 6 heterocycles. The third-order valence-corrected chi connectivity index (χ3v) is 22.8. The second kappa shape index (κ2) is 46.2. The second-order valence-electron chi connectivity index (χ2n) is 29.2. The lowest BCUT2D eigenvalue weighted by Gasteiger charge is -2.36. The van der Waals surface area contributed by atoms with E-state index in [0.717, 1.165) is 40.9 Å². The van der Waals surface area contributed by atoms with Gasteiger partial charge in [0.2, 0.25) is 19.1 Å². The van der Waals surface area contributed by atoms with E-state index in [1.54, 1.807) is 136 Å². The molecule has 0 saturated carbocycles. The number of benzene rings is 5. The van der Waals surface area contributed by atoms with Crippen molar-refractivity contribution in [3.8, 4) is 0 Å². The Hall–Kier alpha value is -8.63. The van der Waals surface area contributed by atoms with Crippen molar-refractivity contribution in [2.24, 2.45) is 15.0 Å². The number of amidine groups is 3. The average molecular weight is 1780 g/mol. The minimum absolute atomic E-state index is 0.0533. The van der Waals surface area contributed by atoms with E-state index >= 15 is 0 Å². The van der Waals surface area contributed by atoms with Gasteiger partial charge < -0.3 is 59.8 Å². The van der Waals surface area contributed by atoms with Crippen LogP contribution in [0.3, 0.4) is 0 Å². The molecule has 0 aliphatic carbocycles. The molecule has 3 fully saturated rings. The number of aryl methyl sites for hydroxylation is 4. The molecule has 0 bridgehead atoms. The summed E-state index contributed by atoms with van der Waals surface area (Å²) in [4.78, 5) is 130. The van der Waals surface area contributed by atoms with E-state index in [4.69, 9.17) is 76.0 Å². The maximum atomic E-state index is 13.1. The van der Waals surface area contributed by atoms with E-state index in [0.29, 0.717) is 108 Å². The highest BCUT2D eigenvalue weighted by atomic mass is 35.7. The van der Waals surface area contributed by atoms with Crippen LogP contribution in [0.15, 0.2) is 124 Å². The van der Waals surface area contributed by atoms with Gasteiger partial charge in [-0.1, -0.05) is 69.3 Å². The molecule has 0 aromatic heterocycles. The van der Waals surface area contributed by atoms with Gasteiger partial charge in [-0.2, -0.15) is 0 Å². The summed E-state index contributed by atoms with van der Waals surface area (Å²) in [6.07, 6.45) is 3.04. The summed E-state index contributed by atoms with van der Waals surface area (Å²) in [5, 5.41) is 12.1. The lowest BCUT2D eigenvalue weighted by molar-refractivity contribution is -0.125. The number of amides is 6. The number of hydrogen-bond acceptors (Lipinski definition) is 22. The molecule has 4 N–H and O–H groups in total. The molecule has 0 radical (unpaired) electrons. The second-order valence-corrected chi connectivity index (χ2v) is 35.8. The predicted octanol–water partition coefficient (Wildman–Crippen LogP) is 10.4. The topological polar surface area (TPSA) is 360 Å². The van der Waals surface area contributed by atoms with Crippen LogP contribution in [0.5, 0.6) is 0 Å². The molecule has 29 nitrogen and oxygen atoms in total. The Labute approximate surface area is 717 Å². The summed E-state index contributed by atoms with van der Waals surface area (Å²) in [5.41, 5.74) is 4.65. The first-order chi connectivity index (χ1) is 55.6. The Balaban J connectivity index is 0.000000275. The Bertz CT molecular complexity index is 4680. The number of carbonyl (C=O) groups excluding carboxylic acids is 9. The maximum absolute atomic E-state index is 13.1. The van der Waals surface area contributed by atoms with Gasteiger partial charge in [0.1, 0.15) is 39.7 Å². The highest BCUT2D eigenvalue weighted by molar-refractivity contribution is 8.13. The molecule has 118 heavy (non-hydrogen) atoms. The smallest absolute Gasteiger partial charge is 0.410 e. The van der Waals surface area contributed by atoms with Crippen molar-refractivity contribution in [2.75, 3.05) is 131 Å². The van der Waals surface area contributed by atoms with Gasteiger partial charge >= 0.3 is 24.0 Å². The van der Waals surface area contributed by atoms with E-state index in [1.807, 2.05) is 40.7 Å². The average Bonchev–Trinajstić information content (AvgIpc) is 1.64. The number of carbonyl (C=O) groups is 9. The van der Waals surface area contributed by atoms with E-state index in [9.17, 15) is 60.0 Å². The van der Waals surface area contributed by atoms with Gasteiger partial charge in [0, 0.05) is 92.9 Å². The third-order valence-electron chi connectivity index (χ3n) is 19.8. The highest BCUT2D eigenvalue weighted by Gasteiger charge is 2.49. The summed E-state index contributed by atoms with van der Waals surface area (Å²) < 4.78 is 69.0. The van der Waals surface area contributed by atoms with Crippen LogP contribution in [-0.2, 0) is 65.2 Å².